The number of hydrogen-bond acceptors (Lipinski definition) is 3. The van der Waals surface area contributed by atoms with Gasteiger partial charge in [-0.3, -0.25) is 14.7 Å². The Morgan fingerprint density at radius 1 is 0.865 bits per heavy atom. The highest BCUT2D eigenvalue weighted by Crippen LogP contribution is 2.39. The van der Waals surface area contributed by atoms with Crippen LogP contribution in [0.2, 0.25) is 0 Å². The summed E-state index contributed by atoms with van der Waals surface area (Å²) in [4.78, 5) is 20.4. The summed E-state index contributed by atoms with van der Waals surface area (Å²) in [5.41, 5.74) is 5.40. The van der Waals surface area contributed by atoms with Crippen molar-refractivity contribution < 1.29 is 9.18 Å². The summed E-state index contributed by atoms with van der Waals surface area (Å²) >= 11 is 0. The number of carbonyl (C=O) groups excluding carboxylic acids is 1. The first-order valence-corrected chi connectivity index (χ1v) is 13.0. The van der Waals surface area contributed by atoms with Gasteiger partial charge in [0.2, 0.25) is 0 Å². The normalized spacial score (nSPS) is 17.0. The zero-order valence-corrected chi connectivity index (χ0v) is 22.0. The number of carbonyl (C=O) groups is 1. The van der Waals surface area contributed by atoms with E-state index in [0.29, 0.717) is 5.56 Å². The molecule has 190 valence electrons. The fraction of sp³-hybridized carbons (Fsp3) is 0.312. The maximum absolute atomic E-state index is 13.2. The number of fused-ring (bicyclic) bond motifs is 1. The summed E-state index contributed by atoms with van der Waals surface area (Å²) in [6, 6.07) is 23.7. The number of halogens is 1. The van der Waals surface area contributed by atoms with Gasteiger partial charge in [0.05, 0.1) is 11.2 Å². The van der Waals surface area contributed by atoms with Gasteiger partial charge in [0.1, 0.15) is 5.82 Å². The van der Waals surface area contributed by atoms with E-state index >= 15 is 0 Å². The lowest BCUT2D eigenvalue weighted by Crippen LogP contribution is -2.57. The molecule has 1 fully saturated rings. The van der Waals surface area contributed by atoms with Crippen molar-refractivity contribution in [2.75, 3.05) is 5.32 Å². The number of likely N-dealkylation sites (tertiary alicyclic amines) is 1. The Labute approximate surface area is 218 Å². The van der Waals surface area contributed by atoms with Crippen LogP contribution >= 0.6 is 0 Å². The largest absolute Gasteiger partial charge is 0.322 e. The van der Waals surface area contributed by atoms with Gasteiger partial charge in [-0.25, -0.2) is 4.39 Å². The third-order valence-electron chi connectivity index (χ3n) is 7.69. The van der Waals surface area contributed by atoms with Gasteiger partial charge in [0.15, 0.2) is 0 Å². The van der Waals surface area contributed by atoms with E-state index in [2.05, 4.69) is 50.0 Å². The average Bonchev–Trinajstić information content (AvgIpc) is 2.86. The zero-order valence-electron chi connectivity index (χ0n) is 22.0. The molecule has 1 N–H and O–H groups in total. The quantitative estimate of drug-likeness (QED) is 0.307. The predicted octanol–water partition coefficient (Wildman–Crippen LogP) is 7.84. The maximum Gasteiger partial charge on any atom is 0.255 e. The van der Waals surface area contributed by atoms with Crippen LogP contribution in [0.5, 0.6) is 0 Å². The van der Waals surface area contributed by atoms with Gasteiger partial charge in [0, 0.05) is 34.3 Å². The van der Waals surface area contributed by atoms with E-state index in [1.165, 1.54) is 31.4 Å². The highest BCUT2D eigenvalue weighted by atomic mass is 19.1. The average molecular weight is 496 g/mol. The minimum atomic E-state index is -0.267. The molecule has 4 nitrogen and oxygen atoms in total. The molecule has 37 heavy (non-hydrogen) atoms. The minimum absolute atomic E-state index is 0.143. The van der Waals surface area contributed by atoms with Crippen LogP contribution in [0, 0.1) is 5.82 Å². The molecule has 0 unspecified atom stereocenters. The number of piperidine rings is 1. The van der Waals surface area contributed by atoms with Crippen LogP contribution in [-0.4, -0.2) is 26.9 Å². The fourth-order valence-electron chi connectivity index (χ4n) is 5.63. The van der Waals surface area contributed by atoms with Crippen molar-refractivity contribution in [1.82, 2.24) is 9.88 Å². The van der Waals surface area contributed by atoms with Crippen LogP contribution in [0.4, 0.5) is 10.1 Å². The van der Waals surface area contributed by atoms with Gasteiger partial charge in [-0.15, -0.1) is 0 Å². The van der Waals surface area contributed by atoms with Crippen LogP contribution in [0.25, 0.3) is 22.0 Å². The number of nitrogens with zero attached hydrogens (tertiary/aromatic N) is 2. The second kappa shape index (κ2) is 9.71. The molecular weight excluding hydrogens is 461 g/mol. The van der Waals surface area contributed by atoms with Gasteiger partial charge in [0.25, 0.3) is 5.91 Å². The van der Waals surface area contributed by atoms with Crippen LogP contribution in [0.1, 0.15) is 63.0 Å². The van der Waals surface area contributed by atoms with Gasteiger partial charge >= 0.3 is 0 Å². The molecule has 5 rings (SSSR count). The van der Waals surface area contributed by atoms with E-state index in [0.717, 1.165) is 40.0 Å². The summed E-state index contributed by atoms with van der Waals surface area (Å²) in [6.07, 6.45) is 3.65. The molecule has 1 aromatic heterocycles. The molecule has 4 aromatic rings. The van der Waals surface area contributed by atoms with E-state index in [9.17, 15) is 9.18 Å². The molecule has 0 bridgehead atoms. The Bertz CT molecular complexity index is 1410. The molecule has 5 heteroatoms. The number of amides is 1. The first-order valence-electron chi connectivity index (χ1n) is 13.0. The van der Waals surface area contributed by atoms with E-state index in [1.54, 1.807) is 24.3 Å². The van der Waals surface area contributed by atoms with Crippen LogP contribution < -0.4 is 5.32 Å². The van der Waals surface area contributed by atoms with Crippen molar-refractivity contribution >= 4 is 22.5 Å². The number of pyridine rings is 1. The standard InChI is InChI=1S/C32H34FN3O/c1-31(2)18-5-19-32(3,4)36(31)21-28-15-12-25-20-27(16-17-29(25)34-28)35-30(37)24-8-6-22(7-9-24)23-10-13-26(33)14-11-23/h6-17,20H,5,18-19,21H2,1-4H3,(H,35,37). The van der Waals surface area contributed by atoms with Crippen LogP contribution in [0.15, 0.2) is 78.9 Å². The zero-order chi connectivity index (χ0) is 26.2. The molecule has 2 heterocycles. The van der Waals surface area contributed by atoms with Crippen LogP contribution in [0.3, 0.4) is 0 Å². The van der Waals surface area contributed by atoms with Crippen molar-refractivity contribution in [1.29, 1.82) is 0 Å². The van der Waals surface area contributed by atoms with E-state index in [-0.39, 0.29) is 22.8 Å². The number of rotatable bonds is 5. The van der Waals surface area contributed by atoms with Gasteiger partial charge in [-0.05, 0) is 107 Å². The molecule has 1 saturated heterocycles. The number of hydrogen-bond donors (Lipinski definition) is 1. The van der Waals surface area contributed by atoms with Crippen molar-refractivity contribution in [3.63, 3.8) is 0 Å². The van der Waals surface area contributed by atoms with E-state index < -0.39 is 0 Å². The Balaban J connectivity index is 1.29. The molecule has 0 aliphatic carbocycles. The Kier molecular flexibility index (Phi) is 6.59. The molecule has 0 spiro atoms. The third-order valence-corrected chi connectivity index (χ3v) is 7.69. The topological polar surface area (TPSA) is 45.2 Å². The summed E-state index contributed by atoms with van der Waals surface area (Å²) in [7, 11) is 0. The third kappa shape index (κ3) is 5.42. The molecule has 1 aliphatic heterocycles. The van der Waals surface area contributed by atoms with E-state index in [4.69, 9.17) is 4.98 Å². The fourth-order valence-corrected chi connectivity index (χ4v) is 5.63. The summed E-state index contributed by atoms with van der Waals surface area (Å²) in [6.45, 7) is 10.2. The number of benzene rings is 3. The molecule has 3 aromatic carbocycles. The Morgan fingerprint density at radius 2 is 1.49 bits per heavy atom. The molecule has 1 amide bonds. The summed E-state index contributed by atoms with van der Waals surface area (Å²) in [5, 5.41) is 3.99. The number of anilines is 1. The van der Waals surface area contributed by atoms with Crippen LogP contribution in [-0.2, 0) is 6.54 Å². The second-order valence-corrected chi connectivity index (χ2v) is 11.3. The number of aromatic nitrogens is 1. The van der Waals surface area contributed by atoms with Gasteiger partial charge in [-0.2, -0.15) is 0 Å². The molecular formula is C32H34FN3O. The maximum atomic E-state index is 13.2. The minimum Gasteiger partial charge on any atom is -0.322 e. The molecule has 0 saturated carbocycles. The van der Waals surface area contributed by atoms with Gasteiger partial charge in [-0.1, -0.05) is 30.3 Å². The highest BCUT2D eigenvalue weighted by Gasteiger charge is 2.41. The summed E-state index contributed by atoms with van der Waals surface area (Å²) in [5.74, 6) is -0.444. The van der Waals surface area contributed by atoms with Crippen molar-refractivity contribution in [3.05, 3.63) is 95.9 Å². The SMILES string of the molecule is CC1(C)CCCC(C)(C)N1Cc1ccc2cc(NC(=O)c3ccc(-c4ccc(F)cc4)cc3)ccc2n1. The first kappa shape index (κ1) is 25.1. The van der Waals surface area contributed by atoms with Gasteiger partial charge < -0.3 is 5.32 Å². The first-order chi connectivity index (χ1) is 17.6. The second-order valence-electron chi connectivity index (χ2n) is 11.3. The lowest BCUT2D eigenvalue weighted by atomic mass is 9.79. The van der Waals surface area contributed by atoms with Crippen molar-refractivity contribution in [2.24, 2.45) is 0 Å². The smallest absolute Gasteiger partial charge is 0.255 e. The highest BCUT2D eigenvalue weighted by molar-refractivity contribution is 6.05. The summed E-state index contributed by atoms with van der Waals surface area (Å²) < 4.78 is 13.2. The Hall–Kier alpha value is -3.57. The lowest BCUT2D eigenvalue weighted by molar-refractivity contribution is -0.0348. The van der Waals surface area contributed by atoms with E-state index in [1.807, 2.05) is 30.3 Å². The monoisotopic (exact) mass is 495 g/mol. The lowest BCUT2D eigenvalue weighted by Gasteiger charge is -2.52. The molecule has 1 aliphatic rings. The number of nitrogens with one attached hydrogen (secondary N) is 1. The predicted molar refractivity (Wildman–Crippen MR) is 149 cm³/mol. The molecule has 0 atom stereocenters. The van der Waals surface area contributed by atoms with Crippen molar-refractivity contribution in [2.45, 2.75) is 64.6 Å². The van der Waals surface area contributed by atoms with Crippen molar-refractivity contribution in [3.8, 4) is 11.1 Å². The molecule has 0 radical (unpaired) electrons. The Morgan fingerprint density at radius 3 is 2.14 bits per heavy atom.